The van der Waals surface area contributed by atoms with Gasteiger partial charge < -0.3 is 39.0 Å². The molecule has 0 aromatic carbocycles. The van der Waals surface area contributed by atoms with E-state index in [1.165, 1.54) is 83.5 Å². The van der Waals surface area contributed by atoms with Crippen LogP contribution < -0.4 is 0 Å². The van der Waals surface area contributed by atoms with E-state index in [9.17, 15) is 34.5 Å². The number of unbranched alkanes of at least 4 members (excludes halogenated alkanes) is 22. The van der Waals surface area contributed by atoms with Crippen LogP contribution >= 0.6 is 0 Å². The molecule has 0 saturated carbocycles. The van der Waals surface area contributed by atoms with Crippen LogP contribution in [0.1, 0.15) is 252 Å². The van der Waals surface area contributed by atoms with Crippen LogP contribution in [0.5, 0.6) is 0 Å². The van der Waals surface area contributed by atoms with Crippen LogP contribution in [-0.2, 0) is 42.9 Å². The van der Waals surface area contributed by atoms with E-state index in [0.29, 0.717) is 25.7 Å². The molecule has 0 aromatic rings. The monoisotopic (exact) mass is 1110 g/mol. The Balaban J connectivity index is 2.72. The average Bonchev–Trinajstić information content (AvgIpc) is 3.46. The molecule has 0 radical (unpaired) electrons. The summed E-state index contributed by atoms with van der Waals surface area (Å²) >= 11 is 0. The molecule has 1 rings (SSSR count). The van der Waals surface area contributed by atoms with E-state index in [-0.39, 0.29) is 25.9 Å². The quantitative estimate of drug-likeness (QED) is 0.0228. The van der Waals surface area contributed by atoms with E-state index in [1.807, 2.05) is 0 Å². The first-order valence-corrected chi connectivity index (χ1v) is 31.2. The fraction of sp³-hybridized carbons (Fsp3) is 0.701. The molecular formula is C67H110O12. The number of carboxylic acid groups (broad SMARTS) is 1. The van der Waals surface area contributed by atoms with Crippen molar-refractivity contribution >= 4 is 23.9 Å². The van der Waals surface area contributed by atoms with Gasteiger partial charge in [0.25, 0.3) is 0 Å². The third kappa shape index (κ3) is 44.0. The number of rotatable bonds is 52. The first kappa shape index (κ1) is 72.7. The Morgan fingerprint density at radius 1 is 0.430 bits per heavy atom. The zero-order valence-corrected chi connectivity index (χ0v) is 49.6. The number of hydrogen-bond acceptors (Lipinski definition) is 11. The highest BCUT2D eigenvalue weighted by Gasteiger charge is 2.50. The molecule has 1 aliphatic rings. The smallest absolute Gasteiger partial charge is 0.335 e. The molecule has 12 nitrogen and oxygen atoms in total. The van der Waals surface area contributed by atoms with Crippen molar-refractivity contribution in [3.8, 4) is 0 Å². The Morgan fingerprint density at radius 2 is 0.797 bits per heavy atom. The minimum Gasteiger partial charge on any atom is -0.479 e. The van der Waals surface area contributed by atoms with Crippen molar-refractivity contribution in [2.45, 2.75) is 289 Å². The van der Waals surface area contributed by atoms with Crippen molar-refractivity contribution in [1.82, 2.24) is 0 Å². The summed E-state index contributed by atoms with van der Waals surface area (Å²) in [4.78, 5) is 51.2. The maximum atomic E-state index is 13.2. The minimum absolute atomic E-state index is 0.00277. The zero-order chi connectivity index (χ0) is 57.5. The van der Waals surface area contributed by atoms with Crippen LogP contribution in [0.3, 0.4) is 0 Å². The first-order chi connectivity index (χ1) is 38.6. The van der Waals surface area contributed by atoms with Gasteiger partial charge in [0.2, 0.25) is 0 Å². The summed E-state index contributed by atoms with van der Waals surface area (Å²) in [6, 6.07) is 0. The van der Waals surface area contributed by atoms with Gasteiger partial charge in [-0.15, -0.1) is 0 Å². The topological polar surface area (TPSA) is 175 Å². The van der Waals surface area contributed by atoms with Crippen LogP contribution in [0.25, 0.3) is 0 Å². The molecule has 1 aliphatic heterocycles. The maximum absolute atomic E-state index is 13.2. The lowest BCUT2D eigenvalue weighted by Gasteiger charge is -2.40. The number of aliphatic hydroxyl groups excluding tert-OH is 2. The van der Waals surface area contributed by atoms with Crippen LogP contribution in [-0.4, -0.2) is 89.2 Å². The number of esters is 3. The molecule has 1 heterocycles. The Labute approximate surface area is 479 Å². The highest BCUT2D eigenvalue weighted by atomic mass is 16.7. The summed E-state index contributed by atoms with van der Waals surface area (Å²) in [5, 5.41) is 31.5. The van der Waals surface area contributed by atoms with Crippen LogP contribution in [0.2, 0.25) is 0 Å². The zero-order valence-electron chi connectivity index (χ0n) is 49.6. The highest BCUT2D eigenvalue weighted by Crippen LogP contribution is 2.26. The van der Waals surface area contributed by atoms with Gasteiger partial charge in [-0.05, 0) is 96.3 Å². The molecule has 3 N–H and O–H groups in total. The molecular weight excluding hydrogens is 997 g/mol. The van der Waals surface area contributed by atoms with Crippen molar-refractivity contribution in [3.05, 3.63) is 97.2 Å². The molecule has 1 fully saturated rings. The molecule has 0 aromatic heterocycles. The Morgan fingerprint density at radius 3 is 1.24 bits per heavy atom. The molecule has 450 valence electrons. The summed E-state index contributed by atoms with van der Waals surface area (Å²) in [6.07, 6.45) is 59.4. The van der Waals surface area contributed by atoms with Crippen molar-refractivity contribution in [2.75, 3.05) is 13.2 Å². The molecule has 1 saturated heterocycles. The average molecular weight is 1110 g/mol. The molecule has 6 unspecified atom stereocenters. The number of aliphatic hydroxyl groups is 2. The van der Waals surface area contributed by atoms with Crippen LogP contribution in [0.4, 0.5) is 0 Å². The van der Waals surface area contributed by atoms with E-state index in [4.69, 9.17) is 23.7 Å². The predicted molar refractivity (Wildman–Crippen MR) is 321 cm³/mol. The van der Waals surface area contributed by atoms with E-state index in [0.717, 1.165) is 103 Å². The summed E-state index contributed by atoms with van der Waals surface area (Å²) in [6.45, 7) is 5.74. The summed E-state index contributed by atoms with van der Waals surface area (Å²) in [5.74, 6) is -3.20. The highest BCUT2D eigenvalue weighted by molar-refractivity contribution is 5.74. The van der Waals surface area contributed by atoms with Gasteiger partial charge in [-0.1, -0.05) is 234 Å². The lowest BCUT2D eigenvalue weighted by atomic mass is 9.98. The lowest BCUT2D eigenvalue weighted by Crippen LogP contribution is -2.61. The molecule has 0 spiro atoms. The largest absolute Gasteiger partial charge is 0.479 e. The normalized spacial score (nSPS) is 18.5. The van der Waals surface area contributed by atoms with Gasteiger partial charge >= 0.3 is 23.9 Å². The second-order valence-electron chi connectivity index (χ2n) is 20.9. The van der Waals surface area contributed by atoms with E-state index in [2.05, 4.69) is 118 Å². The third-order valence-corrected chi connectivity index (χ3v) is 13.7. The SMILES string of the molecule is CC/C=C\C/C=C\C/C=C\C/C=C\CCCCCCC(=O)OCC(COC1OC(C(=O)O)C(O)C(O)C1OC(=O)CCCC/C=C\C/C=C\C/C=C\C/C=C\CC)OC(=O)CCCCCCCCCCCCCCCCCCC. The Hall–Kier alpha value is -4.36. The van der Waals surface area contributed by atoms with Gasteiger partial charge in [0.15, 0.2) is 24.6 Å². The fourth-order valence-corrected chi connectivity index (χ4v) is 8.94. The fourth-order valence-electron chi connectivity index (χ4n) is 8.94. The molecule has 6 atom stereocenters. The molecule has 0 bridgehead atoms. The van der Waals surface area contributed by atoms with Gasteiger partial charge in [0, 0.05) is 19.3 Å². The third-order valence-electron chi connectivity index (χ3n) is 13.7. The number of hydrogen-bond donors (Lipinski definition) is 3. The summed E-state index contributed by atoms with van der Waals surface area (Å²) in [7, 11) is 0. The standard InChI is InChI=1S/C67H110O12/c1-4-7-10-13-16-19-22-25-28-30-33-35-38-41-44-47-50-53-59(68)75-56-58(77-60(69)54-51-48-45-42-39-37-34-31-29-26-23-20-17-14-11-8-5-2)57-76-67-65(63(72)62(71)64(79-67)66(73)74)78-61(70)55-52-49-46-43-40-36-32-27-24-21-18-15-12-9-6-3/h7,9-10,12,16,18-19,21,25,27-28,32-33,35,40,43,58,62-65,67,71-72H,4-6,8,11,13-15,17,20,22-24,26,29-31,34,36-39,41-42,44-57H2,1-3H3,(H,73,74)/b10-7-,12-9-,19-16-,21-18-,28-25-,32-27-,35-33-,43-40-. The molecule has 12 heteroatoms. The second kappa shape index (κ2) is 54.2. The summed E-state index contributed by atoms with van der Waals surface area (Å²) < 4.78 is 28.4. The van der Waals surface area contributed by atoms with Gasteiger partial charge in [-0.2, -0.15) is 0 Å². The van der Waals surface area contributed by atoms with Gasteiger partial charge in [-0.25, -0.2) is 4.79 Å². The first-order valence-electron chi connectivity index (χ1n) is 31.2. The summed E-state index contributed by atoms with van der Waals surface area (Å²) in [5.41, 5.74) is 0. The van der Waals surface area contributed by atoms with Crippen molar-refractivity contribution in [2.24, 2.45) is 0 Å². The number of carbonyl (C=O) groups excluding carboxylic acids is 3. The van der Waals surface area contributed by atoms with E-state index < -0.39 is 67.3 Å². The number of carboxylic acids is 1. The Bertz CT molecular complexity index is 1740. The second-order valence-corrected chi connectivity index (χ2v) is 20.9. The van der Waals surface area contributed by atoms with E-state index in [1.54, 1.807) is 0 Å². The van der Waals surface area contributed by atoms with Crippen LogP contribution in [0, 0.1) is 0 Å². The molecule has 79 heavy (non-hydrogen) atoms. The number of ether oxygens (including phenoxy) is 5. The van der Waals surface area contributed by atoms with Gasteiger partial charge in [0.1, 0.15) is 18.8 Å². The Kier molecular flexibility index (Phi) is 49.9. The van der Waals surface area contributed by atoms with Crippen LogP contribution in [0.15, 0.2) is 97.2 Å². The number of allylic oxidation sites excluding steroid dienone is 16. The van der Waals surface area contributed by atoms with Crippen molar-refractivity contribution in [1.29, 1.82) is 0 Å². The van der Waals surface area contributed by atoms with Crippen molar-refractivity contribution < 1.29 is 58.2 Å². The lowest BCUT2D eigenvalue weighted by molar-refractivity contribution is -0.301. The van der Waals surface area contributed by atoms with Gasteiger partial charge in [0.05, 0.1) is 6.61 Å². The van der Waals surface area contributed by atoms with E-state index >= 15 is 0 Å². The maximum Gasteiger partial charge on any atom is 0.335 e. The number of carbonyl (C=O) groups is 4. The van der Waals surface area contributed by atoms with Crippen molar-refractivity contribution in [3.63, 3.8) is 0 Å². The molecule has 0 amide bonds. The molecule has 0 aliphatic carbocycles. The predicted octanol–water partition coefficient (Wildman–Crippen LogP) is 16.5. The number of aliphatic carboxylic acids is 1. The van der Waals surface area contributed by atoms with Gasteiger partial charge in [-0.3, -0.25) is 14.4 Å². The minimum atomic E-state index is -1.92.